The first-order valence-corrected chi connectivity index (χ1v) is 14.3. The summed E-state index contributed by atoms with van der Waals surface area (Å²) in [4.78, 5) is 0. The lowest BCUT2D eigenvalue weighted by Gasteiger charge is -2.28. The van der Waals surface area contributed by atoms with E-state index in [1.165, 1.54) is 0 Å². The average molecular weight is 464 g/mol. The zero-order valence-electron chi connectivity index (χ0n) is 19.4. The molecule has 176 valence electrons. The maximum atomic E-state index is 9.16. The van der Waals surface area contributed by atoms with Gasteiger partial charge in [-0.1, -0.05) is 12.1 Å². The number of phenols is 1. The van der Waals surface area contributed by atoms with E-state index in [9.17, 15) is 0 Å². The Hall–Kier alpha value is -0.826. The summed E-state index contributed by atoms with van der Waals surface area (Å²) < 4.78 is 32.9. The van der Waals surface area contributed by atoms with E-state index >= 15 is 0 Å². The van der Waals surface area contributed by atoms with Crippen molar-refractivity contribution in [1.82, 2.24) is 0 Å². The molecule has 0 aliphatic heterocycles. The Balaban J connectivity index is 0.000000567. The summed E-state index contributed by atoms with van der Waals surface area (Å²) in [7, 11) is -0.0512. The first-order valence-electron chi connectivity index (χ1n) is 10.5. The van der Waals surface area contributed by atoms with Crippen molar-refractivity contribution < 1.29 is 31.7 Å². The maximum Gasteiger partial charge on any atom is 0.500 e. The second-order valence-corrected chi connectivity index (χ2v) is 12.2. The summed E-state index contributed by atoms with van der Waals surface area (Å²) in [5, 5.41) is 9.16. The molecule has 0 saturated carbocycles. The van der Waals surface area contributed by atoms with Crippen molar-refractivity contribution in [3.63, 3.8) is 0 Å². The van der Waals surface area contributed by atoms with Crippen molar-refractivity contribution in [2.75, 3.05) is 47.7 Å². The standard InChI is InChI=1S/C11H18O4Si.C9H23NO3Si/c1-13-16(14-2,15-3)9-8-10-4-6-11(12)7-5-10;1-4-11-14(12-5-2,13-6-3)9-7-8-10/h4-7,12H,8-9H2,1-3H3;4-10H2,1-3H3. The molecule has 0 atom stereocenters. The molecule has 8 nitrogen and oxygen atoms in total. The highest BCUT2D eigenvalue weighted by Crippen LogP contribution is 2.18. The maximum absolute atomic E-state index is 9.16. The van der Waals surface area contributed by atoms with Gasteiger partial charge in [-0.2, -0.15) is 0 Å². The van der Waals surface area contributed by atoms with Gasteiger partial charge in [-0.25, -0.2) is 0 Å². The molecule has 10 heteroatoms. The Bertz CT molecular complexity index is 505. The Morgan fingerprint density at radius 1 is 0.767 bits per heavy atom. The van der Waals surface area contributed by atoms with Gasteiger partial charge in [0.1, 0.15) is 5.75 Å². The summed E-state index contributed by atoms with van der Waals surface area (Å²) in [6.45, 7) is 8.44. The van der Waals surface area contributed by atoms with Crippen LogP contribution in [0.25, 0.3) is 0 Å². The highest BCUT2D eigenvalue weighted by Gasteiger charge is 2.39. The average Bonchev–Trinajstić information content (AvgIpc) is 2.76. The molecule has 0 spiro atoms. The number of phenolic OH excluding ortho intramolecular Hbond substituents is 1. The third-order valence-corrected chi connectivity index (χ3v) is 10.2. The minimum atomic E-state index is -2.48. The molecule has 0 bridgehead atoms. The fraction of sp³-hybridized carbons (Fsp3) is 0.700. The van der Waals surface area contributed by atoms with Crippen LogP contribution in [0, 0.1) is 0 Å². The number of hydrogen-bond donors (Lipinski definition) is 2. The Morgan fingerprint density at radius 3 is 1.60 bits per heavy atom. The number of nitrogens with two attached hydrogens (primary N) is 1. The molecule has 1 aromatic rings. The Kier molecular flexibility index (Phi) is 16.4. The smallest absolute Gasteiger partial charge is 0.500 e. The minimum Gasteiger partial charge on any atom is -0.508 e. The van der Waals surface area contributed by atoms with Crippen molar-refractivity contribution in [1.29, 1.82) is 0 Å². The quantitative estimate of drug-likeness (QED) is 0.382. The molecule has 30 heavy (non-hydrogen) atoms. The van der Waals surface area contributed by atoms with Crippen molar-refractivity contribution in [2.24, 2.45) is 5.73 Å². The molecular formula is C20H41NO7Si2. The highest BCUT2D eigenvalue weighted by molar-refractivity contribution is 6.61. The van der Waals surface area contributed by atoms with Gasteiger partial charge in [-0.3, -0.25) is 0 Å². The van der Waals surface area contributed by atoms with Gasteiger partial charge in [0.05, 0.1) is 0 Å². The number of aromatic hydroxyl groups is 1. The Labute approximate surface area is 184 Å². The molecule has 0 aliphatic carbocycles. The predicted molar refractivity (Wildman–Crippen MR) is 123 cm³/mol. The molecule has 0 heterocycles. The molecule has 3 N–H and O–H groups in total. The normalized spacial score (nSPS) is 11.8. The van der Waals surface area contributed by atoms with E-state index in [2.05, 4.69) is 0 Å². The van der Waals surface area contributed by atoms with Crippen LogP contribution < -0.4 is 5.73 Å². The van der Waals surface area contributed by atoms with Crippen LogP contribution in [0.15, 0.2) is 24.3 Å². The van der Waals surface area contributed by atoms with Crippen molar-refractivity contribution in [3.05, 3.63) is 29.8 Å². The van der Waals surface area contributed by atoms with Crippen LogP contribution in [0.1, 0.15) is 32.8 Å². The van der Waals surface area contributed by atoms with Crippen LogP contribution in [0.2, 0.25) is 12.1 Å². The number of rotatable bonds is 15. The van der Waals surface area contributed by atoms with Crippen LogP contribution in [0.5, 0.6) is 5.75 Å². The first kappa shape index (κ1) is 29.2. The summed E-state index contributed by atoms with van der Waals surface area (Å²) in [5.74, 6) is 0.275. The monoisotopic (exact) mass is 463 g/mol. The number of hydrogen-bond acceptors (Lipinski definition) is 8. The second kappa shape index (κ2) is 16.8. The lowest BCUT2D eigenvalue weighted by molar-refractivity contribution is 0.0710. The van der Waals surface area contributed by atoms with Gasteiger partial charge in [0.15, 0.2) is 0 Å². The van der Waals surface area contributed by atoms with E-state index < -0.39 is 17.6 Å². The van der Waals surface area contributed by atoms with E-state index in [0.717, 1.165) is 30.5 Å². The SMILES string of the molecule is CCO[Si](CCCN)(OCC)OCC.CO[Si](CCc1ccc(O)cc1)(OC)OC. The zero-order chi connectivity index (χ0) is 22.9. The molecule has 0 aromatic heterocycles. The number of benzene rings is 1. The van der Waals surface area contributed by atoms with E-state index in [1.807, 2.05) is 32.9 Å². The van der Waals surface area contributed by atoms with E-state index in [4.69, 9.17) is 37.4 Å². The Morgan fingerprint density at radius 2 is 1.23 bits per heavy atom. The van der Waals surface area contributed by atoms with Crippen LogP contribution in [0.3, 0.4) is 0 Å². The lowest BCUT2D eigenvalue weighted by Crippen LogP contribution is -2.46. The molecule has 1 rings (SSSR count). The van der Waals surface area contributed by atoms with Crippen LogP contribution >= 0.6 is 0 Å². The van der Waals surface area contributed by atoms with Crippen molar-refractivity contribution in [2.45, 2.75) is 45.7 Å². The fourth-order valence-electron chi connectivity index (χ4n) is 2.84. The van der Waals surface area contributed by atoms with Crippen LogP contribution in [-0.4, -0.2) is 70.4 Å². The van der Waals surface area contributed by atoms with Crippen LogP contribution in [0.4, 0.5) is 0 Å². The van der Waals surface area contributed by atoms with Gasteiger partial charge in [-0.15, -0.1) is 0 Å². The van der Waals surface area contributed by atoms with E-state index in [0.29, 0.717) is 26.4 Å². The molecule has 0 amide bonds. The molecular weight excluding hydrogens is 422 g/mol. The zero-order valence-corrected chi connectivity index (χ0v) is 21.4. The molecule has 0 fully saturated rings. The predicted octanol–water partition coefficient (Wildman–Crippen LogP) is 3.20. The summed E-state index contributed by atoms with van der Waals surface area (Å²) in [6.07, 6.45) is 1.70. The van der Waals surface area contributed by atoms with Gasteiger partial charge in [0.2, 0.25) is 0 Å². The topological polar surface area (TPSA) is 102 Å². The van der Waals surface area contributed by atoms with Crippen molar-refractivity contribution >= 4 is 17.6 Å². The molecule has 0 aliphatic rings. The fourth-order valence-corrected chi connectivity index (χ4v) is 7.18. The molecule has 0 radical (unpaired) electrons. The number of aryl methyl sites for hydroxylation is 1. The van der Waals surface area contributed by atoms with Gasteiger partial charge >= 0.3 is 17.6 Å². The molecule has 0 saturated heterocycles. The van der Waals surface area contributed by atoms with Crippen LogP contribution in [-0.2, 0) is 33.0 Å². The van der Waals surface area contributed by atoms with Crippen molar-refractivity contribution in [3.8, 4) is 5.75 Å². The van der Waals surface area contributed by atoms with Gasteiger partial charge in [-0.05, 0) is 57.9 Å². The summed E-state index contributed by atoms with van der Waals surface area (Å²) in [5.41, 5.74) is 6.61. The third kappa shape index (κ3) is 11.0. The summed E-state index contributed by atoms with van der Waals surface area (Å²) in [6, 6.07) is 8.65. The largest absolute Gasteiger partial charge is 0.508 e. The minimum absolute atomic E-state index is 0.275. The molecule has 0 unspecified atom stereocenters. The highest BCUT2D eigenvalue weighted by atomic mass is 28.4. The summed E-state index contributed by atoms with van der Waals surface area (Å²) >= 11 is 0. The van der Waals surface area contributed by atoms with E-state index in [-0.39, 0.29) is 5.75 Å². The second-order valence-electron chi connectivity index (χ2n) is 6.34. The van der Waals surface area contributed by atoms with Gasteiger partial charge in [0, 0.05) is 53.2 Å². The van der Waals surface area contributed by atoms with Gasteiger partial charge in [0.25, 0.3) is 0 Å². The molecule has 1 aromatic carbocycles. The lowest BCUT2D eigenvalue weighted by atomic mass is 10.2. The first-order chi connectivity index (χ1) is 14.4. The van der Waals surface area contributed by atoms with E-state index in [1.54, 1.807) is 33.5 Å². The van der Waals surface area contributed by atoms with Gasteiger partial charge < -0.3 is 37.4 Å². The third-order valence-electron chi connectivity index (χ3n) is 4.37.